The summed E-state index contributed by atoms with van der Waals surface area (Å²) < 4.78 is 22.7. The Morgan fingerprint density at radius 3 is 2.88 bits per heavy atom. The second-order valence-corrected chi connectivity index (χ2v) is 8.60. The van der Waals surface area contributed by atoms with Crippen LogP contribution >= 0.6 is 0 Å². The predicted molar refractivity (Wildman–Crippen MR) is 94.8 cm³/mol. The molecule has 1 saturated heterocycles. The second-order valence-electron chi connectivity index (χ2n) is 6.37. The van der Waals surface area contributed by atoms with Crippen molar-refractivity contribution in [2.24, 2.45) is 5.92 Å². The van der Waals surface area contributed by atoms with Crippen LogP contribution in [0.5, 0.6) is 0 Å². The summed E-state index contributed by atoms with van der Waals surface area (Å²) in [6, 6.07) is 7.95. The second kappa shape index (κ2) is 7.25. The largest absolute Gasteiger partial charge is 0.361 e. The van der Waals surface area contributed by atoms with Gasteiger partial charge in [0.2, 0.25) is 0 Å². The Morgan fingerprint density at radius 2 is 2.08 bits per heavy atom. The van der Waals surface area contributed by atoms with Crippen LogP contribution < -0.4 is 10.6 Å². The van der Waals surface area contributed by atoms with Gasteiger partial charge in [-0.1, -0.05) is 18.2 Å². The lowest BCUT2D eigenvalue weighted by molar-refractivity contribution is 0.239. The van der Waals surface area contributed by atoms with Crippen LogP contribution in [-0.4, -0.2) is 44.0 Å². The zero-order valence-electron chi connectivity index (χ0n) is 13.5. The number of aromatic amines is 1. The number of hydrogen-bond acceptors (Lipinski definition) is 3. The molecule has 1 unspecified atom stereocenters. The molecular weight excluding hydrogens is 326 g/mol. The molecule has 2 amide bonds. The molecule has 2 aromatic rings. The molecule has 2 heterocycles. The Balaban J connectivity index is 1.35. The van der Waals surface area contributed by atoms with E-state index in [-0.39, 0.29) is 23.5 Å². The van der Waals surface area contributed by atoms with Crippen LogP contribution in [0, 0.1) is 5.92 Å². The van der Waals surface area contributed by atoms with E-state index in [9.17, 15) is 13.2 Å². The number of carbonyl (C=O) groups is 1. The number of sulfone groups is 1. The summed E-state index contributed by atoms with van der Waals surface area (Å²) in [5.41, 5.74) is 2.38. The summed E-state index contributed by atoms with van der Waals surface area (Å²) in [7, 11) is -2.88. The highest BCUT2D eigenvalue weighted by Gasteiger charge is 2.27. The number of H-pyrrole nitrogens is 1. The van der Waals surface area contributed by atoms with Crippen molar-refractivity contribution in [3.8, 4) is 0 Å². The zero-order valence-corrected chi connectivity index (χ0v) is 14.4. The molecule has 0 aliphatic carbocycles. The Morgan fingerprint density at radius 1 is 1.25 bits per heavy atom. The van der Waals surface area contributed by atoms with Crippen LogP contribution in [0.1, 0.15) is 18.4 Å². The van der Waals surface area contributed by atoms with Gasteiger partial charge in [0.05, 0.1) is 11.5 Å². The molecule has 3 N–H and O–H groups in total. The number of fused-ring (bicyclic) bond motifs is 1. The van der Waals surface area contributed by atoms with Crippen LogP contribution in [0.2, 0.25) is 0 Å². The Kier molecular flexibility index (Phi) is 5.08. The van der Waals surface area contributed by atoms with Gasteiger partial charge in [-0.2, -0.15) is 0 Å². The topological polar surface area (TPSA) is 91.1 Å². The van der Waals surface area contributed by atoms with E-state index in [4.69, 9.17) is 0 Å². The van der Waals surface area contributed by atoms with Crippen molar-refractivity contribution in [1.29, 1.82) is 0 Å². The fourth-order valence-corrected chi connectivity index (χ4v) is 5.01. The number of hydrogen-bond donors (Lipinski definition) is 3. The van der Waals surface area contributed by atoms with E-state index in [0.717, 1.165) is 18.4 Å². The molecule has 0 radical (unpaired) electrons. The summed E-state index contributed by atoms with van der Waals surface area (Å²) in [4.78, 5) is 15.0. The molecule has 0 saturated carbocycles. The van der Waals surface area contributed by atoms with Crippen LogP contribution in [-0.2, 0) is 16.3 Å². The number of amides is 2. The molecular formula is C17H23N3O3S. The van der Waals surface area contributed by atoms with E-state index in [1.807, 2.05) is 24.4 Å². The Bertz CT molecular complexity index is 813. The summed E-state index contributed by atoms with van der Waals surface area (Å²) in [5, 5.41) is 6.82. The minimum atomic E-state index is -2.88. The third-order valence-electron chi connectivity index (χ3n) is 4.46. The lowest BCUT2D eigenvalue weighted by atomic mass is 10.1. The number of nitrogens with one attached hydrogen (secondary N) is 3. The molecule has 1 aromatic carbocycles. The number of benzene rings is 1. The van der Waals surface area contributed by atoms with Crippen molar-refractivity contribution in [2.75, 3.05) is 24.6 Å². The van der Waals surface area contributed by atoms with Crippen molar-refractivity contribution in [2.45, 2.75) is 19.3 Å². The number of aryl methyl sites for hydroxylation is 1. The average molecular weight is 349 g/mol. The zero-order chi connectivity index (χ0) is 17.0. The summed E-state index contributed by atoms with van der Waals surface area (Å²) in [6.07, 6.45) is 4.41. The molecule has 1 aromatic heterocycles. The molecule has 130 valence electrons. The van der Waals surface area contributed by atoms with Gasteiger partial charge in [0.25, 0.3) is 0 Å². The third kappa shape index (κ3) is 4.29. The van der Waals surface area contributed by atoms with Gasteiger partial charge >= 0.3 is 6.03 Å². The van der Waals surface area contributed by atoms with Gasteiger partial charge in [0, 0.05) is 30.2 Å². The van der Waals surface area contributed by atoms with Gasteiger partial charge in [0.1, 0.15) is 0 Å². The molecule has 24 heavy (non-hydrogen) atoms. The lowest BCUT2D eigenvalue weighted by Crippen LogP contribution is -2.39. The Labute approximate surface area is 141 Å². The maximum atomic E-state index is 11.8. The van der Waals surface area contributed by atoms with E-state index in [0.29, 0.717) is 19.5 Å². The molecule has 3 rings (SSSR count). The molecule has 0 bridgehead atoms. The first-order chi connectivity index (χ1) is 11.5. The van der Waals surface area contributed by atoms with Crippen molar-refractivity contribution >= 4 is 26.8 Å². The standard InChI is InChI=1S/C17H23N3O3S/c21-17(20-10-13-7-9-24(22,23)12-13)18-8-3-4-14-11-19-16-6-2-1-5-15(14)16/h1-2,5-6,11,13,19H,3-4,7-10,12H2,(H2,18,20,21). The molecule has 7 heteroatoms. The van der Waals surface area contributed by atoms with E-state index in [2.05, 4.69) is 21.7 Å². The summed E-state index contributed by atoms with van der Waals surface area (Å²) in [6.45, 7) is 1.02. The van der Waals surface area contributed by atoms with E-state index in [1.54, 1.807) is 0 Å². The minimum Gasteiger partial charge on any atom is -0.361 e. The van der Waals surface area contributed by atoms with E-state index in [1.165, 1.54) is 10.9 Å². The molecule has 1 fully saturated rings. The average Bonchev–Trinajstić information content (AvgIpc) is 3.13. The van der Waals surface area contributed by atoms with Crippen LogP contribution in [0.4, 0.5) is 4.79 Å². The highest BCUT2D eigenvalue weighted by atomic mass is 32.2. The summed E-state index contributed by atoms with van der Waals surface area (Å²) >= 11 is 0. The number of aromatic nitrogens is 1. The van der Waals surface area contributed by atoms with E-state index < -0.39 is 9.84 Å². The molecule has 0 spiro atoms. The molecule has 6 nitrogen and oxygen atoms in total. The van der Waals surface area contributed by atoms with Crippen molar-refractivity contribution in [3.05, 3.63) is 36.0 Å². The highest BCUT2D eigenvalue weighted by Crippen LogP contribution is 2.19. The third-order valence-corrected chi connectivity index (χ3v) is 6.30. The van der Waals surface area contributed by atoms with Gasteiger partial charge in [0.15, 0.2) is 9.84 Å². The smallest absolute Gasteiger partial charge is 0.314 e. The van der Waals surface area contributed by atoms with Gasteiger partial charge < -0.3 is 15.6 Å². The predicted octanol–water partition coefficient (Wildman–Crippen LogP) is 1.83. The minimum absolute atomic E-state index is 0.0481. The maximum Gasteiger partial charge on any atom is 0.314 e. The fraction of sp³-hybridized carbons (Fsp3) is 0.471. The quantitative estimate of drug-likeness (QED) is 0.695. The first-order valence-electron chi connectivity index (χ1n) is 8.30. The van der Waals surface area contributed by atoms with Gasteiger partial charge in [-0.05, 0) is 36.8 Å². The van der Waals surface area contributed by atoms with Crippen LogP contribution in [0.15, 0.2) is 30.5 Å². The first-order valence-corrected chi connectivity index (χ1v) is 10.1. The van der Waals surface area contributed by atoms with Crippen molar-refractivity contribution in [3.63, 3.8) is 0 Å². The number of para-hydroxylation sites is 1. The number of carbonyl (C=O) groups excluding carboxylic acids is 1. The molecule has 1 aliphatic rings. The molecule has 1 atom stereocenters. The summed E-state index contributed by atoms with van der Waals surface area (Å²) in [5.74, 6) is 0.478. The number of urea groups is 1. The van der Waals surface area contributed by atoms with Crippen LogP contribution in [0.3, 0.4) is 0 Å². The SMILES string of the molecule is O=C(NCCCc1c[nH]c2ccccc12)NCC1CCS(=O)(=O)C1. The Hall–Kier alpha value is -2.02. The highest BCUT2D eigenvalue weighted by molar-refractivity contribution is 7.91. The number of rotatable bonds is 6. The first kappa shape index (κ1) is 16.8. The van der Waals surface area contributed by atoms with Crippen molar-refractivity contribution < 1.29 is 13.2 Å². The van der Waals surface area contributed by atoms with Gasteiger partial charge in [-0.15, -0.1) is 0 Å². The lowest BCUT2D eigenvalue weighted by Gasteiger charge is -2.10. The van der Waals surface area contributed by atoms with Crippen LogP contribution in [0.25, 0.3) is 10.9 Å². The molecule has 1 aliphatic heterocycles. The maximum absolute atomic E-state index is 11.8. The van der Waals surface area contributed by atoms with Gasteiger partial charge in [-0.3, -0.25) is 0 Å². The fourth-order valence-electron chi connectivity index (χ4n) is 3.15. The van der Waals surface area contributed by atoms with Gasteiger partial charge in [-0.25, -0.2) is 13.2 Å². The normalized spacial score (nSPS) is 19.4. The monoisotopic (exact) mass is 349 g/mol. The van der Waals surface area contributed by atoms with Crippen molar-refractivity contribution in [1.82, 2.24) is 15.6 Å². The van der Waals surface area contributed by atoms with E-state index >= 15 is 0 Å².